The van der Waals surface area contributed by atoms with Gasteiger partial charge in [-0.3, -0.25) is 5.43 Å². The molecule has 0 spiro atoms. The van der Waals surface area contributed by atoms with Crippen molar-refractivity contribution < 1.29 is 0 Å². The number of rotatable bonds is 4. The summed E-state index contributed by atoms with van der Waals surface area (Å²) in [6.45, 7) is 4.37. The van der Waals surface area contributed by atoms with Crippen molar-refractivity contribution in [2.75, 3.05) is 5.43 Å². The number of nitrogens with zero attached hydrogens (tertiary/aromatic N) is 1. The van der Waals surface area contributed by atoms with Gasteiger partial charge >= 0.3 is 0 Å². The van der Waals surface area contributed by atoms with Crippen LogP contribution < -0.4 is 5.43 Å². The first-order chi connectivity index (χ1) is 10.8. The van der Waals surface area contributed by atoms with Crippen LogP contribution in [-0.2, 0) is 0 Å². The van der Waals surface area contributed by atoms with Crippen LogP contribution in [0.3, 0.4) is 0 Å². The van der Waals surface area contributed by atoms with E-state index in [0.29, 0.717) is 5.92 Å². The van der Waals surface area contributed by atoms with Crippen molar-refractivity contribution in [1.29, 1.82) is 0 Å². The number of allylic oxidation sites excluding steroid dienone is 4. The predicted molar refractivity (Wildman–Crippen MR) is 94.4 cm³/mol. The molecule has 1 N–H and O–H groups in total. The zero-order chi connectivity index (χ0) is 15.4. The largest absolute Gasteiger partial charge is 0.279 e. The maximum Gasteiger partial charge on any atom is 0.0561 e. The van der Waals surface area contributed by atoms with Gasteiger partial charge in [0, 0.05) is 5.92 Å². The summed E-state index contributed by atoms with van der Waals surface area (Å²) in [5.41, 5.74) is 9.28. The minimum absolute atomic E-state index is 0.361. The van der Waals surface area contributed by atoms with E-state index in [9.17, 15) is 0 Å². The van der Waals surface area contributed by atoms with Crippen LogP contribution in [0.1, 0.15) is 30.9 Å². The summed E-state index contributed by atoms with van der Waals surface area (Å²) in [7, 11) is 0. The average Bonchev–Trinajstić information content (AvgIpc) is 2.88. The quantitative estimate of drug-likeness (QED) is 0.612. The Kier molecular flexibility index (Phi) is 4.19. The first-order valence-electron chi connectivity index (χ1n) is 7.54. The summed E-state index contributed by atoms with van der Waals surface area (Å²) < 4.78 is 0. The first-order valence-corrected chi connectivity index (χ1v) is 7.54. The van der Waals surface area contributed by atoms with Crippen molar-refractivity contribution >= 4 is 11.9 Å². The second kappa shape index (κ2) is 6.44. The third kappa shape index (κ3) is 3.01. The number of hydrazone groups is 1. The van der Waals surface area contributed by atoms with Gasteiger partial charge in [0.2, 0.25) is 0 Å². The summed E-state index contributed by atoms with van der Waals surface area (Å²) in [5.74, 6) is 0.361. The fourth-order valence-electron chi connectivity index (χ4n) is 2.70. The van der Waals surface area contributed by atoms with Gasteiger partial charge in [-0.1, -0.05) is 65.8 Å². The van der Waals surface area contributed by atoms with Crippen molar-refractivity contribution in [3.63, 3.8) is 0 Å². The van der Waals surface area contributed by atoms with Gasteiger partial charge in [-0.05, 0) is 37.1 Å². The van der Waals surface area contributed by atoms with E-state index in [1.807, 2.05) is 36.5 Å². The molecule has 0 fully saturated rings. The summed E-state index contributed by atoms with van der Waals surface area (Å²) in [6.07, 6.45) is 6.37. The molecule has 2 nitrogen and oxygen atoms in total. The first kappa shape index (κ1) is 14.3. The van der Waals surface area contributed by atoms with E-state index in [4.69, 9.17) is 0 Å². The normalized spacial score (nSPS) is 17.5. The molecule has 22 heavy (non-hydrogen) atoms. The number of anilines is 1. The summed E-state index contributed by atoms with van der Waals surface area (Å²) in [5, 5.41) is 4.37. The van der Waals surface area contributed by atoms with Gasteiger partial charge in [-0.2, -0.15) is 5.10 Å². The Balaban J connectivity index is 1.82. The molecular weight excluding hydrogens is 268 g/mol. The molecule has 0 aliphatic heterocycles. The molecule has 0 amide bonds. The van der Waals surface area contributed by atoms with Crippen molar-refractivity contribution in [3.8, 4) is 0 Å². The smallest absolute Gasteiger partial charge is 0.0561 e. The zero-order valence-electron chi connectivity index (χ0n) is 13.0. The summed E-state index contributed by atoms with van der Waals surface area (Å²) >= 11 is 0. The lowest BCUT2D eigenvalue weighted by atomic mass is 9.90. The Hall–Kier alpha value is -2.61. The lowest BCUT2D eigenvalue weighted by Gasteiger charge is -2.14. The number of hydrogen-bond acceptors (Lipinski definition) is 2. The Labute approximate surface area is 131 Å². The summed E-state index contributed by atoms with van der Waals surface area (Å²) in [4.78, 5) is 0. The van der Waals surface area contributed by atoms with Crippen molar-refractivity contribution in [1.82, 2.24) is 0 Å². The Bertz CT molecular complexity index is 739. The van der Waals surface area contributed by atoms with Crippen LogP contribution >= 0.6 is 0 Å². The second-order valence-electron chi connectivity index (χ2n) is 5.57. The minimum atomic E-state index is 0.361. The number of para-hydroxylation sites is 1. The average molecular weight is 288 g/mol. The molecule has 1 unspecified atom stereocenters. The van der Waals surface area contributed by atoms with Gasteiger partial charge in [0.1, 0.15) is 0 Å². The molecule has 0 saturated carbocycles. The van der Waals surface area contributed by atoms with Crippen LogP contribution in [0.15, 0.2) is 83.0 Å². The Morgan fingerprint density at radius 3 is 2.41 bits per heavy atom. The zero-order valence-corrected chi connectivity index (χ0v) is 13.0. The minimum Gasteiger partial charge on any atom is -0.279 e. The molecule has 2 aromatic carbocycles. The third-order valence-corrected chi connectivity index (χ3v) is 4.13. The highest BCUT2D eigenvalue weighted by atomic mass is 15.3. The Morgan fingerprint density at radius 1 is 0.955 bits per heavy atom. The highest BCUT2D eigenvalue weighted by Gasteiger charge is 2.18. The van der Waals surface area contributed by atoms with Gasteiger partial charge in [-0.15, -0.1) is 0 Å². The monoisotopic (exact) mass is 288 g/mol. The molecular formula is C20H20N2. The van der Waals surface area contributed by atoms with Crippen LogP contribution in [0.2, 0.25) is 0 Å². The molecule has 1 aliphatic rings. The predicted octanol–water partition coefficient (Wildman–Crippen LogP) is 5.12. The van der Waals surface area contributed by atoms with Crippen LogP contribution in [0.25, 0.3) is 0 Å². The maximum atomic E-state index is 4.37. The van der Waals surface area contributed by atoms with Crippen LogP contribution in [0.5, 0.6) is 0 Å². The van der Waals surface area contributed by atoms with Gasteiger partial charge in [0.15, 0.2) is 0 Å². The topological polar surface area (TPSA) is 24.4 Å². The molecule has 0 bridgehead atoms. The van der Waals surface area contributed by atoms with E-state index in [0.717, 1.165) is 11.3 Å². The van der Waals surface area contributed by atoms with E-state index in [-0.39, 0.29) is 0 Å². The molecule has 0 saturated heterocycles. The lowest BCUT2D eigenvalue weighted by Crippen LogP contribution is -2.01. The molecule has 110 valence electrons. The second-order valence-corrected chi connectivity index (χ2v) is 5.57. The van der Waals surface area contributed by atoms with E-state index in [1.54, 1.807) is 0 Å². The highest BCUT2D eigenvalue weighted by Crippen LogP contribution is 2.34. The number of hydrogen-bond donors (Lipinski definition) is 1. The van der Waals surface area contributed by atoms with Crippen molar-refractivity contribution in [3.05, 3.63) is 89.0 Å². The molecule has 2 aromatic rings. The van der Waals surface area contributed by atoms with Crippen molar-refractivity contribution in [2.45, 2.75) is 19.8 Å². The fourth-order valence-corrected chi connectivity index (χ4v) is 2.70. The summed E-state index contributed by atoms with van der Waals surface area (Å²) in [6, 6.07) is 18.4. The maximum absolute atomic E-state index is 4.37. The fraction of sp³-hybridized carbons (Fsp3) is 0.150. The van der Waals surface area contributed by atoms with E-state index < -0.39 is 0 Å². The van der Waals surface area contributed by atoms with E-state index in [1.165, 1.54) is 16.7 Å². The third-order valence-electron chi connectivity index (χ3n) is 4.13. The Morgan fingerprint density at radius 2 is 1.68 bits per heavy atom. The van der Waals surface area contributed by atoms with Gasteiger partial charge in [0.05, 0.1) is 11.9 Å². The van der Waals surface area contributed by atoms with Crippen LogP contribution in [0.4, 0.5) is 5.69 Å². The molecule has 1 aliphatic carbocycles. The van der Waals surface area contributed by atoms with Crippen molar-refractivity contribution in [2.24, 2.45) is 5.10 Å². The highest BCUT2D eigenvalue weighted by molar-refractivity contribution is 5.83. The molecule has 0 radical (unpaired) electrons. The lowest BCUT2D eigenvalue weighted by molar-refractivity contribution is 1.000. The van der Waals surface area contributed by atoms with E-state index >= 15 is 0 Å². The molecule has 0 aromatic heterocycles. The molecule has 3 rings (SSSR count). The standard InChI is InChI=1S/C20H20N2/c1-15-12-13-19(16(15)2)20-11-7-6-8-17(20)14-21-22-18-9-4-3-5-10-18/h3-14,19,22H,1-2H3. The molecule has 2 heteroatoms. The number of benzene rings is 2. The van der Waals surface area contributed by atoms with Gasteiger partial charge in [0.25, 0.3) is 0 Å². The van der Waals surface area contributed by atoms with Crippen LogP contribution in [-0.4, -0.2) is 6.21 Å². The SMILES string of the molecule is CC1=C(C)C(c2ccccc2C=NNc2ccccc2)C=C1. The van der Waals surface area contributed by atoms with E-state index in [2.05, 4.69) is 60.8 Å². The van der Waals surface area contributed by atoms with Gasteiger partial charge in [-0.25, -0.2) is 0 Å². The van der Waals surface area contributed by atoms with Gasteiger partial charge < -0.3 is 0 Å². The molecule has 1 atom stereocenters. The van der Waals surface area contributed by atoms with Crippen LogP contribution in [0, 0.1) is 0 Å². The number of nitrogens with one attached hydrogen (secondary N) is 1. The molecule has 0 heterocycles.